The van der Waals surface area contributed by atoms with Crippen molar-refractivity contribution in [1.82, 2.24) is 16.1 Å². The summed E-state index contributed by atoms with van der Waals surface area (Å²) < 4.78 is 27.4. The van der Waals surface area contributed by atoms with Crippen LogP contribution < -0.4 is 35.0 Å². The fourth-order valence-corrected chi connectivity index (χ4v) is 3.90. The number of ether oxygens (including phenoxy) is 5. The average Bonchev–Trinajstić information content (AvgIpc) is 2.94. The maximum Gasteiger partial charge on any atom is 0.338 e. The van der Waals surface area contributed by atoms with Gasteiger partial charge in [-0.1, -0.05) is 19.9 Å². The first-order valence-corrected chi connectivity index (χ1v) is 13.1. The Morgan fingerprint density at radius 1 is 1.02 bits per heavy atom. The fourth-order valence-electron chi connectivity index (χ4n) is 3.90. The van der Waals surface area contributed by atoms with E-state index in [9.17, 15) is 14.4 Å². The van der Waals surface area contributed by atoms with Crippen molar-refractivity contribution in [2.45, 2.75) is 33.7 Å². The van der Waals surface area contributed by atoms with Gasteiger partial charge >= 0.3 is 12.0 Å². The monoisotopic (exact) mass is 568 g/mol. The normalized spacial score (nSPS) is 14.8. The molecule has 12 heteroatoms. The number of hydrogen-bond donors (Lipinski definition) is 3. The van der Waals surface area contributed by atoms with Gasteiger partial charge in [-0.05, 0) is 61.2 Å². The van der Waals surface area contributed by atoms with E-state index in [-0.39, 0.29) is 24.5 Å². The Balaban J connectivity index is 1.64. The molecule has 0 spiro atoms. The number of amides is 3. The molecular formula is C29H36N4O8. The van der Waals surface area contributed by atoms with Gasteiger partial charge in [0.05, 0.1) is 45.3 Å². The zero-order chi connectivity index (χ0) is 29.9. The molecule has 0 bridgehead atoms. The standard InChI is InChI=1S/C29H36N4O8/c1-7-39-28(35)26-18(4)31-29(36)32-27(26)20-9-11-22(24(13-20)38-6)41-16-25(34)33-30-14-19-8-10-21(23(12-19)37-5)40-15-17(2)3/h8-14,17,27H,7,15-16H2,1-6H3,(H,33,34)(H2,31,32,36)/b30-14-/t27-/m1/s1. The summed E-state index contributed by atoms with van der Waals surface area (Å²) >= 11 is 0. The first kappa shape index (κ1) is 30.8. The second-order valence-electron chi connectivity index (χ2n) is 9.40. The second kappa shape index (κ2) is 14.6. The van der Waals surface area contributed by atoms with Crippen molar-refractivity contribution in [3.8, 4) is 23.0 Å². The van der Waals surface area contributed by atoms with Crippen molar-refractivity contribution in [2.24, 2.45) is 11.0 Å². The Bertz CT molecular complexity index is 1320. The summed E-state index contributed by atoms with van der Waals surface area (Å²) in [6, 6.07) is 8.99. The number of hydrazone groups is 1. The largest absolute Gasteiger partial charge is 0.493 e. The molecular weight excluding hydrogens is 532 g/mol. The number of benzene rings is 2. The predicted molar refractivity (Wildman–Crippen MR) is 151 cm³/mol. The van der Waals surface area contributed by atoms with Gasteiger partial charge < -0.3 is 34.3 Å². The summed E-state index contributed by atoms with van der Waals surface area (Å²) in [5.41, 5.74) is 4.35. The quantitative estimate of drug-likeness (QED) is 0.189. The minimum absolute atomic E-state index is 0.187. The molecule has 1 heterocycles. The van der Waals surface area contributed by atoms with Crippen molar-refractivity contribution in [2.75, 3.05) is 34.0 Å². The first-order valence-electron chi connectivity index (χ1n) is 13.1. The number of carbonyl (C=O) groups excluding carboxylic acids is 3. The molecule has 2 aromatic rings. The van der Waals surface area contributed by atoms with Crippen molar-refractivity contribution < 1.29 is 38.1 Å². The zero-order valence-electron chi connectivity index (χ0n) is 24.0. The van der Waals surface area contributed by atoms with E-state index < -0.39 is 23.9 Å². The average molecular weight is 569 g/mol. The maximum atomic E-state index is 12.6. The number of hydrogen-bond acceptors (Lipinski definition) is 9. The summed E-state index contributed by atoms with van der Waals surface area (Å²) in [6.07, 6.45) is 1.48. The van der Waals surface area contributed by atoms with Gasteiger partial charge in [-0.25, -0.2) is 15.0 Å². The molecule has 3 N–H and O–H groups in total. The molecule has 1 atom stereocenters. The van der Waals surface area contributed by atoms with E-state index in [1.165, 1.54) is 13.3 Å². The molecule has 2 aromatic carbocycles. The van der Waals surface area contributed by atoms with Crippen molar-refractivity contribution in [3.05, 3.63) is 58.8 Å². The van der Waals surface area contributed by atoms with Crippen LogP contribution in [0.1, 0.15) is 44.9 Å². The third-order valence-corrected chi connectivity index (χ3v) is 5.81. The molecule has 0 aliphatic carbocycles. The van der Waals surface area contributed by atoms with Crippen molar-refractivity contribution in [1.29, 1.82) is 0 Å². The van der Waals surface area contributed by atoms with Crippen LogP contribution in [-0.2, 0) is 14.3 Å². The summed E-state index contributed by atoms with van der Waals surface area (Å²) in [5, 5.41) is 9.30. The predicted octanol–water partition coefficient (Wildman–Crippen LogP) is 3.46. The number of rotatable bonds is 13. The summed E-state index contributed by atoms with van der Waals surface area (Å²) in [7, 11) is 3.00. The Hall–Kier alpha value is -4.74. The first-order chi connectivity index (χ1) is 19.7. The van der Waals surface area contributed by atoms with Crippen LogP contribution >= 0.6 is 0 Å². The number of allylic oxidation sites excluding steroid dienone is 1. The molecule has 1 aliphatic rings. The maximum absolute atomic E-state index is 12.6. The molecule has 0 aromatic heterocycles. The van der Waals surface area contributed by atoms with E-state index in [0.29, 0.717) is 46.6 Å². The van der Waals surface area contributed by atoms with Gasteiger partial charge in [0, 0.05) is 5.70 Å². The molecule has 41 heavy (non-hydrogen) atoms. The molecule has 220 valence electrons. The highest BCUT2D eigenvalue weighted by atomic mass is 16.5. The van der Waals surface area contributed by atoms with Gasteiger partial charge in [-0.3, -0.25) is 4.79 Å². The molecule has 0 unspecified atom stereocenters. The highest BCUT2D eigenvalue weighted by molar-refractivity contribution is 5.95. The minimum atomic E-state index is -0.766. The molecule has 1 aliphatic heterocycles. The topological polar surface area (TPSA) is 146 Å². The third-order valence-electron chi connectivity index (χ3n) is 5.81. The SMILES string of the molecule is CCOC(=O)C1=C(C)NC(=O)N[C@@H]1c1ccc(OCC(=O)N/N=C\c2ccc(OCC(C)C)c(OC)c2)c(OC)c1. The smallest absolute Gasteiger partial charge is 0.338 e. The van der Waals surface area contributed by atoms with E-state index in [1.54, 1.807) is 57.4 Å². The lowest BCUT2D eigenvalue weighted by atomic mass is 9.95. The van der Waals surface area contributed by atoms with Crippen LogP contribution in [0.15, 0.2) is 52.8 Å². The Morgan fingerprint density at radius 2 is 1.71 bits per heavy atom. The van der Waals surface area contributed by atoms with E-state index in [4.69, 9.17) is 23.7 Å². The second-order valence-corrected chi connectivity index (χ2v) is 9.40. The van der Waals surface area contributed by atoms with Crippen LogP contribution in [0.3, 0.4) is 0 Å². The highest BCUT2D eigenvalue weighted by Gasteiger charge is 2.32. The van der Waals surface area contributed by atoms with Gasteiger partial charge in [0.15, 0.2) is 29.6 Å². The van der Waals surface area contributed by atoms with Crippen molar-refractivity contribution in [3.63, 3.8) is 0 Å². The summed E-state index contributed by atoms with van der Waals surface area (Å²) in [4.78, 5) is 37.0. The number of urea groups is 1. The molecule has 0 radical (unpaired) electrons. The van der Waals surface area contributed by atoms with Crippen molar-refractivity contribution >= 4 is 24.1 Å². The minimum Gasteiger partial charge on any atom is -0.493 e. The fraction of sp³-hybridized carbons (Fsp3) is 0.379. The lowest BCUT2D eigenvalue weighted by Crippen LogP contribution is -2.45. The van der Waals surface area contributed by atoms with Gasteiger partial charge in [0.25, 0.3) is 5.91 Å². The van der Waals surface area contributed by atoms with E-state index in [1.807, 2.05) is 0 Å². The lowest BCUT2D eigenvalue weighted by molar-refractivity contribution is -0.139. The van der Waals surface area contributed by atoms with Crippen LogP contribution in [0.4, 0.5) is 4.79 Å². The molecule has 0 saturated carbocycles. The highest BCUT2D eigenvalue weighted by Crippen LogP contribution is 2.34. The van der Waals surface area contributed by atoms with Gasteiger partial charge in [-0.2, -0.15) is 5.10 Å². The van der Waals surface area contributed by atoms with Crippen LogP contribution in [0.2, 0.25) is 0 Å². The number of carbonyl (C=O) groups is 3. The zero-order valence-corrected chi connectivity index (χ0v) is 24.0. The molecule has 3 rings (SSSR count). The lowest BCUT2D eigenvalue weighted by Gasteiger charge is -2.28. The van der Waals surface area contributed by atoms with E-state index >= 15 is 0 Å². The van der Waals surface area contributed by atoms with Crippen LogP contribution in [0.25, 0.3) is 0 Å². The molecule has 12 nitrogen and oxygen atoms in total. The number of methoxy groups -OCH3 is 2. The summed E-state index contributed by atoms with van der Waals surface area (Å²) in [5.74, 6) is 1.11. The van der Waals surface area contributed by atoms with Gasteiger partial charge in [0.1, 0.15) is 0 Å². The number of esters is 1. The van der Waals surface area contributed by atoms with Crippen LogP contribution in [0.5, 0.6) is 23.0 Å². The Morgan fingerprint density at radius 3 is 2.39 bits per heavy atom. The van der Waals surface area contributed by atoms with Crippen LogP contribution in [0, 0.1) is 5.92 Å². The molecule has 0 fully saturated rings. The van der Waals surface area contributed by atoms with Gasteiger partial charge in [0.2, 0.25) is 0 Å². The van der Waals surface area contributed by atoms with Gasteiger partial charge in [-0.15, -0.1) is 0 Å². The molecule has 0 saturated heterocycles. The van der Waals surface area contributed by atoms with Crippen LogP contribution in [-0.4, -0.2) is 58.2 Å². The van der Waals surface area contributed by atoms with E-state index in [0.717, 1.165) is 0 Å². The number of nitrogens with zero attached hydrogens (tertiary/aromatic N) is 1. The Labute approximate surface area is 239 Å². The Kier molecular flexibility index (Phi) is 11.0. The number of nitrogens with one attached hydrogen (secondary N) is 3. The van der Waals surface area contributed by atoms with E-state index in [2.05, 4.69) is 35.0 Å². The molecule has 3 amide bonds. The summed E-state index contributed by atoms with van der Waals surface area (Å²) in [6.45, 7) is 7.86. The third kappa shape index (κ3) is 8.37.